The Bertz CT molecular complexity index is 1230. The van der Waals surface area contributed by atoms with E-state index in [1.807, 2.05) is 61.5 Å². The Balaban J connectivity index is 1.68. The van der Waals surface area contributed by atoms with Crippen molar-refractivity contribution < 1.29 is 18.7 Å². The fraction of sp³-hybridized carbons (Fsp3) is 0.120. The number of carbonyl (C=O) groups is 1. The fourth-order valence-corrected chi connectivity index (χ4v) is 3.30. The number of rotatable bonds is 6. The molecule has 31 heavy (non-hydrogen) atoms. The quantitative estimate of drug-likeness (QED) is 0.445. The number of carbonyl (C=O) groups excluding carboxylic acids is 1. The molecule has 1 N–H and O–H groups in total. The summed E-state index contributed by atoms with van der Waals surface area (Å²) in [7, 11) is 3.18. The number of hydrogen-bond acceptors (Lipinski definition) is 5. The van der Waals surface area contributed by atoms with Gasteiger partial charge < -0.3 is 19.2 Å². The van der Waals surface area contributed by atoms with Crippen molar-refractivity contribution in [3.8, 4) is 34.3 Å². The molecule has 4 rings (SSSR count). The highest BCUT2D eigenvalue weighted by molar-refractivity contribution is 6.08. The number of hydrogen-bond donors (Lipinski definition) is 1. The summed E-state index contributed by atoms with van der Waals surface area (Å²) in [5, 5.41) is 2.96. The van der Waals surface area contributed by atoms with E-state index in [-0.39, 0.29) is 5.91 Å². The summed E-state index contributed by atoms with van der Waals surface area (Å²) in [5.74, 6) is 1.94. The van der Waals surface area contributed by atoms with Gasteiger partial charge in [-0.15, -0.1) is 0 Å². The lowest BCUT2D eigenvalue weighted by atomic mass is 10.1. The summed E-state index contributed by atoms with van der Waals surface area (Å²) >= 11 is 0. The van der Waals surface area contributed by atoms with Crippen molar-refractivity contribution >= 4 is 11.6 Å². The van der Waals surface area contributed by atoms with Gasteiger partial charge in [-0.25, -0.2) is 4.98 Å². The first-order chi connectivity index (χ1) is 15.1. The Labute approximate surface area is 180 Å². The second-order valence-corrected chi connectivity index (χ2v) is 6.91. The first-order valence-electron chi connectivity index (χ1n) is 9.75. The highest BCUT2D eigenvalue weighted by Gasteiger charge is 2.19. The molecule has 4 aromatic rings. The van der Waals surface area contributed by atoms with E-state index in [0.29, 0.717) is 34.3 Å². The van der Waals surface area contributed by atoms with Crippen LogP contribution in [-0.4, -0.2) is 25.1 Å². The maximum Gasteiger partial charge on any atom is 0.256 e. The van der Waals surface area contributed by atoms with Crippen molar-refractivity contribution in [1.82, 2.24) is 4.98 Å². The number of nitrogens with zero attached hydrogens (tertiary/aromatic N) is 1. The minimum Gasteiger partial charge on any atom is -0.497 e. The Hall–Kier alpha value is -4.06. The third kappa shape index (κ3) is 4.14. The Morgan fingerprint density at radius 2 is 1.71 bits per heavy atom. The van der Waals surface area contributed by atoms with E-state index in [1.54, 1.807) is 32.5 Å². The molecule has 0 saturated heterocycles. The van der Waals surface area contributed by atoms with Crippen LogP contribution in [0.25, 0.3) is 22.8 Å². The number of anilines is 1. The predicted octanol–water partition coefficient (Wildman–Crippen LogP) is 5.59. The van der Waals surface area contributed by atoms with Gasteiger partial charge in [-0.3, -0.25) is 4.79 Å². The van der Waals surface area contributed by atoms with E-state index in [1.165, 1.54) is 0 Å². The first-order valence-corrected chi connectivity index (χ1v) is 9.75. The van der Waals surface area contributed by atoms with Crippen LogP contribution in [0.2, 0.25) is 0 Å². The van der Waals surface area contributed by atoms with Gasteiger partial charge in [-0.2, -0.15) is 0 Å². The lowest BCUT2D eigenvalue weighted by Crippen LogP contribution is -2.13. The van der Waals surface area contributed by atoms with Gasteiger partial charge in [-0.1, -0.05) is 30.3 Å². The topological polar surface area (TPSA) is 73.6 Å². The van der Waals surface area contributed by atoms with E-state index in [2.05, 4.69) is 10.3 Å². The number of methoxy groups -OCH3 is 2. The lowest BCUT2D eigenvalue weighted by Gasteiger charge is -2.10. The molecule has 0 atom stereocenters. The van der Waals surface area contributed by atoms with Gasteiger partial charge in [0.1, 0.15) is 11.5 Å². The fourth-order valence-electron chi connectivity index (χ4n) is 3.30. The molecule has 0 unspecified atom stereocenters. The van der Waals surface area contributed by atoms with E-state index >= 15 is 0 Å². The average molecular weight is 414 g/mol. The van der Waals surface area contributed by atoms with Crippen LogP contribution in [0.4, 0.5) is 5.69 Å². The molecule has 1 aromatic heterocycles. The van der Waals surface area contributed by atoms with Crippen molar-refractivity contribution in [2.75, 3.05) is 19.5 Å². The maximum absolute atomic E-state index is 13.0. The Kier molecular flexibility index (Phi) is 5.71. The maximum atomic E-state index is 13.0. The SMILES string of the molecule is COc1ccc(-c2cnc(-c3ccccc3C(=O)Nc3ccccc3C)o2)c(OC)c1. The zero-order valence-corrected chi connectivity index (χ0v) is 17.5. The molecule has 1 heterocycles. The number of ether oxygens (including phenoxy) is 2. The molecule has 3 aromatic carbocycles. The number of benzene rings is 3. The Morgan fingerprint density at radius 3 is 2.48 bits per heavy atom. The predicted molar refractivity (Wildman–Crippen MR) is 120 cm³/mol. The van der Waals surface area contributed by atoms with Crippen LogP contribution in [0.1, 0.15) is 15.9 Å². The number of nitrogens with one attached hydrogen (secondary N) is 1. The zero-order chi connectivity index (χ0) is 21.8. The number of para-hydroxylation sites is 1. The van der Waals surface area contributed by atoms with Gasteiger partial charge in [0.15, 0.2) is 5.76 Å². The second kappa shape index (κ2) is 8.75. The van der Waals surface area contributed by atoms with Crippen LogP contribution in [-0.2, 0) is 0 Å². The molecule has 0 saturated carbocycles. The summed E-state index contributed by atoms with van der Waals surface area (Å²) < 4.78 is 16.7. The minimum atomic E-state index is -0.230. The number of aryl methyl sites for hydroxylation is 1. The lowest BCUT2D eigenvalue weighted by molar-refractivity contribution is 0.102. The van der Waals surface area contributed by atoms with Gasteiger partial charge in [0.05, 0.1) is 31.5 Å². The van der Waals surface area contributed by atoms with E-state index in [9.17, 15) is 4.79 Å². The third-order valence-electron chi connectivity index (χ3n) is 4.98. The van der Waals surface area contributed by atoms with Crippen LogP contribution < -0.4 is 14.8 Å². The highest BCUT2D eigenvalue weighted by Crippen LogP contribution is 2.35. The van der Waals surface area contributed by atoms with Crippen molar-refractivity contribution in [1.29, 1.82) is 0 Å². The zero-order valence-electron chi connectivity index (χ0n) is 17.5. The van der Waals surface area contributed by atoms with Gasteiger partial charge in [0, 0.05) is 17.3 Å². The second-order valence-electron chi connectivity index (χ2n) is 6.91. The molecule has 0 bridgehead atoms. The van der Waals surface area contributed by atoms with Crippen molar-refractivity contribution in [2.24, 2.45) is 0 Å². The summed E-state index contributed by atoms with van der Waals surface area (Å²) in [6.07, 6.45) is 1.62. The van der Waals surface area contributed by atoms with Crippen LogP contribution >= 0.6 is 0 Å². The normalized spacial score (nSPS) is 10.5. The van der Waals surface area contributed by atoms with E-state index in [4.69, 9.17) is 13.9 Å². The van der Waals surface area contributed by atoms with Gasteiger partial charge in [0.2, 0.25) is 5.89 Å². The van der Waals surface area contributed by atoms with Crippen LogP contribution in [0.15, 0.2) is 77.3 Å². The molecular formula is C25H22N2O4. The van der Waals surface area contributed by atoms with Gasteiger partial charge in [-0.05, 0) is 42.8 Å². The molecule has 6 heteroatoms. The largest absolute Gasteiger partial charge is 0.497 e. The summed E-state index contributed by atoms with van der Waals surface area (Å²) in [6, 6.07) is 20.3. The first kappa shape index (κ1) is 20.2. The monoisotopic (exact) mass is 414 g/mol. The van der Waals surface area contributed by atoms with Crippen LogP contribution in [0, 0.1) is 6.92 Å². The molecule has 0 aliphatic heterocycles. The molecule has 156 valence electrons. The molecule has 0 aliphatic carbocycles. The molecule has 6 nitrogen and oxygen atoms in total. The summed E-state index contributed by atoms with van der Waals surface area (Å²) in [6.45, 7) is 1.95. The van der Waals surface area contributed by atoms with Crippen LogP contribution in [0.3, 0.4) is 0 Å². The van der Waals surface area contributed by atoms with Crippen molar-refractivity contribution in [3.63, 3.8) is 0 Å². The molecule has 1 amide bonds. The van der Waals surface area contributed by atoms with Crippen molar-refractivity contribution in [2.45, 2.75) is 6.92 Å². The molecule has 0 spiro atoms. The van der Waals surface area contributed by atoms with Gasteiger partial charge >= 0.3 is 0 Å². The minimum absolute atomic E-state index is 0.230. The average Bonchev–Trinajstić information content (AvgIpc) is 3.30. The number of aromatic nitrogens is 1. The standard InChI is InChI=1S/C25H22N2O4/c1-16-8-4-7-11-21(16)27-24(28)18-9-5-6-10-19(18)25-26-15-23(31-25)20-13-12-17(29-2)14-22(20)30-3/h4-15H,1-3H3,(H,27,28). The van der Waals surface area contributed by atoms with E-state index < -0.39 is 0 Å². The number of amides is 1. The summed E-state index contributed by atoms with van der Waals surface area (Å²) in [5.41, 5.74) is 3.56. The van der Waals surface area contributed by atoms with Crippen molar-refractivity contribution in [3.05, 3.63) is 84.1 Å². The number of oxazole rings is 1. The molecular weight excluding hydrogens is 392 g/mol. The van der Waals surface area contributed by atoms with Gasteiger partial charge in [0.25, 0.3) is 5.91 Å². The van der Waals surface area contributed by atoms with E-state index in [0.717, 1.165) is 16.8 Å². The smallest absolute Gasteiger partial charge is 0.256 e. The third-order valence-corrected chi connectivity index (χ3v) is 4.98. The highest BCUT2D eigenvalue weighted by atomic mass is 16.5. The molecule has 0 radical (unpaired) electrons. The molecule has 0 fully saturated rings. The van der Waals surface area contributed by atoms with Crippen LogP contribution in [0.5, 0.6) is 11.5 Å². The Morgan fingerprint density at radius 1 is 0.935 bits per heavy atom. The summed E-state index contributed by atoms with van der Waals surface area (Å²) in [4.78, 5) is 17.4. The molecule has 0 aliphatic rings.